The van der Waals surface area contributed by atoms with Crippen LogP contribution in [-0.4, -0.2) is 30.4 Å². The maximum absolute atomic E-state index is 11.8. The molecule has 0 aliphatic carbocycles. The summed E-state index contributed by atoms with van der Waals surface area (Å²) in [5.41, 5.74) is 1.18. The van der Waals surface area contributed by atoms with Crippen LogP contribution in [0.4, 0.5) is 0 Å². The van der Waals surface area contributed by atoms with Crippen LogP contribution in [0.3, 0.4) is 0 Å². The molecule has 2 rings (SSSR count). The summed E-state index contributed by atoms with van der Waals surface area (Å²) in [6, 6.07) is 9.42. The lowest BCUT2D eigenvalue weighted by molar-refractivity contribution is -0.140. The van der Waals surface area contributed by atoms with E-state index in [1.807, 2.05) is 30.3 Å². The monoisotopic (exact) mass is 245 g/mol. The van der Waals surface area contributed by atoms with E-state index in [9.17, 15) is 9.59 Å². The Bertz CT molecular complexity index is 479. The second-order valence-electron chi connectivity index (χ2n) is 4.08. The summed E-state index contributed by atoms with van der Waals surface area (Å²) in [6.45, 7) is 0.576. The number of carbonyl (C=O) groups excluding carboxylic acids is 2. The van der Waals surface area contributed by atoms with Crippen LogP contribution in [0, 0.1) is 0 Å². The first-order valence-corrected chi connectivity index (χ1v) is 5.88. The minimum Gasteiger partial charge on any atom is -0.464 e. The summed E-state index contributed by atoms with van der Waals surface area (Å²) >= 11 is 0. The first-order chi connectivity index (χ1) is 8.72. The van der Waals surface area contributed by atoms with Crippen molar-refractivity contribution in [3.05, 3.63) is 41.6 Å². The Hall–Kier alpha value is -2.10. The fourth-order valence-corrected chi connectivity index (χ4v) is 1.96. The molecule has 1 aromatic carbocycles. The van der Waals surface area contributed by atoms with Crippen molar-refractivity contribution in [3.63, 3.8) is 0 Å². The van der Waals surface area contributed by atoms with E-state index >= 15 is 0 Å². The highest BCUT2D eigenvalue weighted by molar-refractivity contribution is 5.98. The van der Waals surface area contributed by atoms with Crippen molar-refractivity contribution in [1.29, 1.82) is 0 Å². The first kappa shape index (κ1) is 12.4. The Labute approximate surface area is 106 Å². The van der Waals surface area contributed by atoms with Crippen LogP contribution in [0.5, 0.6) is 0 Å². The van der Waals surface area contributed by atoms with Gasteiger partial charge >= 0.3 is 5.97 Å². The van der Waals surface area contributed by atoms with Gasteiger partial charge in [0, 0.05) is 13.0 Å². The normalized spacial score (nSPS) is 15.9. The SMILES string of the molecule is COC(=O)/C(=C/c1ccccc1)N1CCCC1=O. The summed E-state index contributed by atoms with van der Waals surface area (Å²) in [4.78, 5) is 25.0. The molecule has 1 aromatic rings. The number of carbonyl (C=O) groups is 2. The van der Waals surface area contributed by atoms with Crippen molar-refractivity contribution in [3.8, 4) is 0 Å². The highest BCUT2D eigenvalue weighted by Gasteiger charge is 2.28. The van der Waals surface area contributed by atoms with E-state index in [0.29, 0.717) is 18.7 Å². The van der Waals surface area contributed by atoms with Crippen molar-refractivity contribution >= 4 is 18.0 Å². The van der Waals surface area contributed by atoms with Crippen LogP contribution in [-0.2, 0) is 14.3 Å². The Morgan fingerprint density at radius 2 is 2.06 bits per heavy atom. The summed E-state index contributed by atoms with van der Waals surface area (Å²) in [5.74, 6) is -0.503. The van der Waals surface area contributed by atoms with Gasteiger partial charge in [0.05, 0.1) is 7.11 Å². The van der Waals surface area contributed by atoms with Crippen LogP contribution in [0.25, 0.3) is 6.08 Å². The van der Waals surface area contributed by atoms with Crippen molar-refractivity contribution in [1.82, 2.24) is 4.90 Å². The van der Waals surface area contributed by atoms with Gasteiger partial charge in [-0.3, -0.25) is 4.79 Å². The average molecular weight is 245 g/mol. The largest absolute Gasteiger partial charge is 0.464 e. The van der Waals surface area contributed by atoms with Gasteiger partial charge < -0.3 is 9.64 Å². The Kier molecular flexibility index (Phi) is 3.77. The topological polar surface area (TPSA) is 46.6 Å². The number of benzene rings is 1. The molecule has 4 heteroatoms. The number of esters is 1. The van der Waals surface area contributed by atoms with Crippen molar-refractivity contribution in [2.45, 2.75) is 12.8 Å². The van der Waals surface area contributed by atoms with Crippen LogP contribution >= 0.6 is 0 Å². The Morgan fingerprint density at radius 3 is 2.61 bits per heavy atom. The molecule has 0 spiro atoms. The molecule has 1 aliphatic heterocycles. The highest BCUT2D eigenvalue weighted by atomic mass is 16.5. The highest BCUT2D eigenvalue weighted by Crippen LogP contribution is 2.19. The summed E-state index contributed by atoms with van der Waals surface area (Å²) in [5, 5.41) is 0. The third-order valence-corrected chi connectivity index (χ3v) is 2.86. The van der Waals surface area contributed by atoms with Crippen molar-refractivity contribution < 1.29 is 14.3 Å². The predicted molar refractivity (Wildman–Crippen MR) is 67.4 cm³/mol. The van der Waals surface area contributed by atoms with E-state index in [1.165, 1.54) is 12.0 Å². The lowest BCUT2D eigenvalue weighted by Gasteiger charge is -2.17. The van der Waals surface area contributed by atoms with Crippen LogP contribution in [0.2, 0.25) is 0 Å². The summed E-state index contributed by atoms with van der Waals surface area (Å²) in [7, 11) is 1.32. The minimum atomic E-state index is -0.478. The van der Waals surface area contributed by atoms with Crippen molar-refractivity contribution in [2.75, 3.05) is 13.7 Å². The zero-order chi connectivity index (χ0) is 13.0. The van der Waals surface area contributed by atoms with E-state index in [0.717, 1.165) is 12.0 Å². The maximum atomic E-state index is 11.8. The molecule has 0 saturated carbocycles. The number of amides is 1. The van der Waals surface area contributed by atoms with Gasteiger partial charge in [0.25, 0.3) is 0 Å². The van der Waals surface area contributed by atoms with Crippen LogP contribution in [0.1, 0.15) is 18.4 Å². The summed E-state index contributed by atoms with van der Waals surface area (Å²) < 4.78 is 4.74. The number of likely N-dealkylation sites (tertiary alicyclic amines) is 1. The van der Waals surface area contributed by atoms with Gasteiger partial charge in [-0.1, -0.05) is 30.3 Å². The van der Waals surface area contributed by atoms with Gasteiger partial charge in [0.15, 0.2) is 0 Å². The molecule has 0 bridgehead atoms. The standard InChI is InChI=1S/C14H15NO3/c1-18-14(17)12(15-9-5-8-13(15)16)10-11-6-3-2-4-7-11/h2-4,6-7,10H,5,8-9H2,1H3/b12-10-. The molecular formula is C14H15NO3. The quantitative estimate of drug-likeness (QED) is 0.603. The summed E-state index contributed by atoms with van der Waals surface area (Å²) in [6.07, 6.45) is 2.96. The van der Waals surface area contributed by atoms with Gasteiger partial charge in [-0.15, -0.1) is 0 Å². The maximum Gasteiger partial charge on any atom is 0.354 e. The molecule has 1 fully saturated rings. The van der Waals surface area contributed by atoms with Crippen LogP contribution < -0.4 is 0 Å². The molecular weight excluding hydrogens is 230 g/mol. The van der Waals surface area contributed by atoms with Gasteiger partial charge in [0.2, 0.25) is 5.91 Å². The Morgan fingerprint density at radius 1 is 1.33 bits per heavy atom. The number of hydrogen-bond donors (Lipinski definition) is 0. The van der Waals surface area contributed by atoms with E-state index in [1.54, 1.807) is 6.08 Å². The molecule has 0 radical (unpaired) electrons. The fourth-order valence-electron chi connectivity index (χ4n) is 1.96. The molecule has 1 aliphatic rings. The molecule has 1 heterocycles. The molecule has 1 saturated heterocycles. The van der Waals surface area contributed by atoms with Gasteiger partial charge in [0.1, 0.15) is 5.70 Å². The van der Waals surface area contributed by atoms with Crippen LogP contribution in [0.15, 0.2) is 36.0 Å². The van der Waals surface area contributed by atoms with Crippen molar-refractivity contribution in [2.24, 2.45) is 0 Å². The van der Waals surface area contributed by atoms with E-state index in [-0.39, 0.29) is 5.91 Å². The lowest BCUT2D eigenvalue weighted by atomic mass is 10.2. The third-order valence-electron chi connectivity index (χ3n) is 2.86. The number of hydrogen-bond acceptors (Lipinski definition) is 3. The Balaban J connectivity index is 2.34. The molecule has 18 heavy (non-hydrogen) atoms. The molecule has 0 aromatic heterocycles. The lowest BCUT2D eigenvalue weighted by Crippen LogP contribution is -2.29. The number of methoxy groups -OCH3 is 1. The van der Waals surface area contributed by atoms with Gasteiger partial charge in [-0.25, -0.2) is 4.79 Å². The number of rotatable bonds is 3. The molecule has 0 N–H and O–H groups in total. The predicted octanol–water partition coefficient (Wildman–Crippen LogP) is 1.82. The zero-order valence-corrected chi connectivity index (χ0v) is 10.3. The van der Waals surface area contributed by atoms with E-state index in [4.69, 9.17) is 4.74 Å². The first-order valence-electron chi connectivity index (χ1n) is 5.88. The number of nitrogens with zero attached hydrogens (tertiary/aromatic N) is 1. The minimum absolute atomic E-state index is 0.0254. The fraction of sp³-hybridized carbons (Fsp3) is 0.286. The second kappa shape index (κ2) is 5.49. The van der Waals surface area contributed by atoms with Gasteiger partial charge in [-0.2, -0.15) is 0 Å². The molecule has 94 valence electrons. The second-order valence-corrected chi connectivity index (χ2v) is 4.08. The molecule has 4 nitrogen and oxygen atoms in total. The van der Waals surface area contributed by atoms with Gasteiger partial charge in [-0.05, 0) is 18.1 Å². The van der Waals surface area contributed by atoms with E-state index < -0.39 is 5.97 Å². The molecule has 1 amide bonds. The third kappa shape index (κ3) is 2.59. The molecule has 0 unspecified atom stereocenters. The number of ether oxygens (including phenoxy) is 1. The molecule has 0 atom stereocenters. The zero-order valence-electron chi connectivity index (χ0n) is 10.3. The van der Waals surface area contributed by atoms with E-state index in [2.05, 4.69) is 0 Å². The average Bonchev–Trinajstić information content (AvgIpc) is 2.82. The smallest absolute Gasteiger partial charge is 0.354 e.